The van der Waals surface area contributed by atoms with Gasteiger partial charge < -0.3 is 0 Å². The first-order valence-corrected chi connectivity index (χ1v) is 8.58. The Morgan fingerprint density at radius 1 is 1.10 bits per heavy atom. The van der Waals surface area contributed by atoms with Crippen LogP contribution in [0.4, 0.5) is 0 Å². The summed E-state index contributed by atoms with van der Waals surface area (Å²) in [7, 11) is -3.42. The second-order valence-corrected chi connectivity index (χ2v) is 9.01. The molecule has 0 atom stereocenters. The summed E-state index contributed by atoms with van der Waals surface area (Å²) in [6, 6.07) is 8.63. The van der Waals surface area contributed by atoms with Crippen LogP contribution in [0.15, 0.2) is 24.3 Å². The van der Waals surface area contributed by atoms with Crippen LogP contribution in [0, 0.1) is 16.7 Å². The van der Waals surface area contributed by atoms with E-state index in [0.717, 1.165) is 6.42 Å². The molecule has 1 aromatic rings. The normalized spacial score (nSPS) is 13.0. The van der Waals surface area contributed by atoms with Crippen molar-refractivity contribution in [2.75, 3.05) is 0 Å². The SMILES string of the molecule is CC(C)(C)CC(C)(C)NS(=O)(=O)Cc1ccc(C#N)cc1. The molecule has 1 N–H and O–H groups in total. The highest BCUT2D eigenvalue weighted by Gasteiger charge is 2.29. The first-order valence-electron chi connectivity index (χ1n) is 6.93. The van der Waals surface area contributed by atoms with Gasteiger partial charge in [-0.1, -0.05) is 32.9 Å². The Morgan fingerprint density at radius 3 is 2.05 bits per heavy atom. The van der Waals surface area contributed by atoms with Crippen molar-refractivity contribution in [2.24, 2.45) is 5.41 Å². The topological polar surface area (TPSA) is 70.0 Å². The number of sulfonamides is 1. The third-order valence-electron chi connectivity index (χ3n) is 2.84. The van der Waals surface area contributed by atoms with Gasteiger partial charge in [-0.05, 0) is 43.4 Å². The summed E-state index contributed by atoms with van der Waals surface area (Å²) in [5, 5.41) is 8.74. The fraction of sp³-hybridized carbons (Fsp3) is 0.562. The molecular formula is C16H24N2O2S. The van der Waals surface area contributed by atoms with Gasteiger partial charge in [0, 0.05) is 5.54 Å². The molecule has 0 saturated heterocycles. The van der Waals surface area contributed by atoms with Crippen molar-refractivity contribution < 1.29 is 8.42 Å². The molecule has 4 nitrogen and oxygen atoms in total. The van der Waals surface area contributed by atoms with Gasteiger partial charge in [-0.3, -0.25) is 0 Å². The quantitative estimate of drug-likeness (QED) is 0.908. The highest BCUT2D eigenvalue weighted by Crippen LogP contribution is 2.27. The standard InChI is InChI=1S/C16H24N2O2S/c1-15(2,3)12-16(4,5)18-21(19,20)11-14-8-6-13(10-17)7-9-14/h6-9,18H,11-12H2,1-5H3. The van der Waals surface area contributed by atoms with Crippen molar-refractivity contribution in [1.29, 1.82) is 5.26 Å². The predicted molar refractivity (Wildman–Crippen MR) is 85.1 cm³/mol. The van der Waals surface area contributed by atoms with E-state index in [1.165, 1.54) is 0 Å². The van der Waals surface area contributed by atoms with Crippen molar-refractivity contribution in [2.45, 2.75) is 52.3 Å². The third kappa shape index (κ3) is 6.74. The van der Waals surface area contributed by atoms with Gasteiger partial charge >= 0.3 is 0 Å². The molecule has 0 heterocycles. The summed E-state index contributed by atoms with van der Waals surface area (Å²) in [6.07, 6.45) is 0.743. The van der Waals surface area contributed by atoms with E-state index < -0.39 is 15.6 Å². The van der Waals surface area contributed by atoms with Crippen LogP contribution < -0.4 is 4.72 Å². The number of benzene rings is 1. The minimum Gasteiger partial charge on any atom is -0.212 e. The largest absolute Gasteiger partial charge is 0.216 e. The Labute approximate surface area is 128 Å². The summed E-state index contributed by atoms with van der Waals surface area (Å²) in [6.45, 7) is 10.1. The van der Waals surface area contributed by atoms with E-state index >= 15 is 0 Å². The van der Waals surface area contributed by atoms with Crippen LogP contribution in [0.1, 0.15) is 52.2 Å². The second-order valence-electron chi connectivity index (χ2n) is 7.29. The van der Waals surface area contributed by atoms with Crippen LogP contribution >= 0.6 is 0 Å². The summed E-state index contributed by atoms with van der Waals surface area (Å²) in [4.78, 5) is 0. The molecule has 1 aromatic carbocycles. The zero-order chi connectivity index (χ0) is 16.3. The maximum atomic E-state index is 12.3. The lowest BCUT2D eigenvalue weighted by atomic mass is 9.82. The summed E-state index contributed by atoms with van der Waals surface area (Å²) in [5.41, 5.74) is 0.745. The van der Waals surface area contributed by atoms with E-state index in [2.05, 4.69) is 25.5 Å². The Balaban J connectivity index is 2.79. The summed E-state index contributed by atoms with van der Waals surface area (Å²) >= 11 is 0. The van der Waals surface area contributed by atoms with E-state index in [1.807, 2.05) is 19.9 Å². The fourth-order valence-electron chi connectivity index (χ4n) is 2.71. The highest BCUT2D eigenvalue weighted by molar-refractivity contribution is 7.88. The van der Waals surface area contributed by atoms with Gasteiger partial charge in [-0.2, -0.15) is 5.26 Å². The van der Waals surface area contributed by atoms with Gasteiger partial charge in [-0.25, -0.2) is 13.1 Å². The van der Waals surface area contributed by atoms with Crippen LogP contribution in [0.2, 0.25) is 0 Å². The lowest BCUT2D eigenvalue weighted by molar-refractivity contribution is 0.269. The molecule has 0 radical (unpaired) electrons. The maximum Gasteiger partial charge on any atom is 0.216 e. The van der Waals surface area contributed by atoms with Crippen LogP contribution in [-0.4, -0.2) is 14.0 Å². The van der Waals surface area contributed by atoms with Crippen molar-refractivity contribution in [3.05, 3.63) is 35.4 Å². The molecule has 1 rings (SSSR count). The molecule has 0 fully saturated rings. The lowest BCUT2D eigenvalue weighted by Gasteiger charge is -2.33. The number of nitriles is 1. The number of nitrogens with zero attached hydrogens (tertiary/aromatic N) is 1. The Bertz CT molecular complexity index is 618. The molecule has 0 aliphatic heterocycles. The van der Waals surface area contributed by atoms with Gasteiger partial charge in [0.2, 0.25) is 10.0 Å². The molecule has 21 heavy (non-hydrogen) atoms. The molecule has 116 valence electrons. The van der Waals surface area contributed by atoms with E-state index in [0.29, 0.717) is 11.1 Å². The molecule has 0 spiro atoms. The monoisotopic (exact) mass is 308 g/mol. The van der Waals surface area contributed by atoms with Crippen LogP contribution in [0.3, 0.4) is 0 Å². The average molecular weight is 308 g/mol. The molecular weight excluding hydrogens is 284 g/mol. The highest BCUT2D eigenvalue weighted by atomic mass is 32.2. The number of hydrogen-bond acceptors (Lipinski definition) is 3. The van der Waals surface area contributed by atoms with Crippen molar-refractivity contribution in [1.82, 2.24) is 4.72 Å². The summed E-state index contributed by atoms with van der Waals surface area (Å²) in [5.74, 6) is -0.0771. The van der Waals surface area contributed by atoms with Gasteiger partial charge in [0.05, 0.1) is 17.4 Å². The number of rotatable bonds is 5. The van der Waals surface area contributed by atoms with E-state index in [1.54, 1.807) is 24.3 Å². The van der Waals surface area contributed by atoms with Gasteiger partial charge in [0.1, 0.15) is 0 Å². The fourth-order valence-corrected chi connectivity index (χ4v) is 4.33. The minimum absolute atomic E-state index is 0.0421. The van der Waals surface area contributed by atoms with E-state index in [-0.39, 0.29) is 11.2 Å². The molecule has 0 unspecified atom stereocenters. The zero-order valence-electron chi connectivity index (χ0n) is 13.4. The third-order valence-corrected chi connectivity index (χ3v) is 4.42. The Kier molecular flexibility index (Phi) is 5.19. The zero-order valence-corrected chi connectivity index (χ0v) is 14.2. The molecule has 0 saturated carbocycles. The molecule has 0 bridgehead atoms. The molecule has 5 heteroatoms. The average Bonchev–Trinajstić information content (AvgIpc) is 2.24. The second kappa shape index (κ2) is 6.17. The lowest BCUT2D eigenvalue weighted by Crippen LogP contribution is -2.46. The summed E-state index contributed by atoms with van der Waals surface area (Å²) < 4.78 is 27.3. The van der Waals surface area contributed by atoms with Crippen LogP contribution in [0.25, 0.3) is 0 Å². The van der Waals surface area contributed by atoms with E-state index in [9.17, 15) is 8.42 Å². The van der Waals surface area contributed by atoms with Gasteiger partial charge in [0.15, 0.2) is 0 Å². The van der Waals surface area contributed by atoms with E-state index in [4.69, 9.17) is 5.26 Å². The molecule has 0 aliphatic carbocycles. The van der Waals surface area contributed by atoms with Crippen molar-refractivity contribution in [3.63, 3.8) is 0 Å². The Hall–Kier alpha value is -1.38. The van der Waals surface area contributed by atoms with Crippen LogP contribution in [0.5, 0.6) is 0 Å². The minimum atomic E-state index is -3.42. The number of hydrogen-bond donors (Lipinski definition) is 1. The Morgan fingerprint density at radius 2 is 1.62 bits per heavy atom. The number of nitrogens with one attached hydrogen (secondary N) is 1. The molecule has 0 aromatic heterocycles. The predicted octanol–water partition coefficient (Wildman–Crippen LogP) is 3.19. The van der Waals surface area contributed by atoms with Crippen molar-refractivity contribution >= 4 is 10.0 Å². The molecule has 0 amide bonds. The first-order chi connectivity index (χ1) is 9.42. The molecule has 0 aliphatic rings. The maximum absolute atomic E-state index is 12.3. The van der Waals surface area contributed by atoms with Gasteiger partial charge in [0.25, 0.3) is 0 Å². The van der Waals surface area contributed by atoms with Crippen molar-refractivity contribution in [3.8, 4) is 6.07 Å². The smallest absolute Gasteiger partial charge is 0.212 e. The van der Waals surface area contributed by atoms with Gasteiger partial charge in [-0.15, -0.1) is 0 Å². The van der Waals surface area contributed by atoms with Crippen LogP contribution in [-0.2, 0) is 15.8 Å². The first kappa shape index (κ1) is 17.7.